The Labute approximate surface area is 181 Å². The molecule has 0 aliphatic carbocycles. The summed E-state index contributed by atoms with van der Waals surface area (Å²) in [6.07, 6.45) is -9.25. The molecule has 0 saturated heterocycles. The molecule has 0 aliphatic rings. The maximum atomic E-state index is 12.9. The van der Waals surface area contributed by atoms with Gasteiger partial charge in [-0.2, -0.15) is 26.3 Å². The van der Waals surface area contributed by atoms with Crippen LogP contribution in [0.5, 0.6) is 0 Å². The highest BCUT2D eigenvalue weighted by molar-refractivity contribution is 9.10. The molecule has 12 heteroatoms. The van der Waals surface area contributed by atoms with Gasteiger partial charge in [0.2, 0.25) is 0 Å². The van der Waals surface area contributed by atoms with Crippen molar-refractivity contribution in [3.63, 3.8) is 0 Å². The molecule has 0 aromatic heterocycles. The van der Waals surface area contributed by atoms with Crippen molar-refractivity contribution in [2.45, 2.75) is 12.4 Å². The first kappa shape index (κ1) is 23.2. The quantitative estimate of drug-likeness (QED) is 0.204. The summed E-state index contributed by atoms with van der Waals surface area (Å²) in [6, 6.07) is 6.28. The molecule has 0 atom stereocenters. The van der Waals surface area contributed by atoms with E-state index >= 15 is 0 Å². The second kappa shape index (κ2) is 8.73. The molecule has 2 aromatic carbocycles. The van der Waals surface area contributed by atoms with Gasteiger partial charge in [0.15, 0.2) is 10.3 Å². The van der Waals surface area contributed by atoms with Gasteiger partial charge in [0, 0.05) is 20.1 Å². The lowest BCUT2D eigenvalue weighted by Gasteiger charge is -2.10. The van der Waals surface area contributed by atoms with Crippen LogP contribution in [-0.2, 0) is 12.4 Å². The maximum Gasteiger partial charge on any atom is 0.417 e. The number of hydrogen-bond acceptors (Lipinski definition) is 2. The lowest BCUT2D eigenvalue weighted by atomic mass is 10.1. The monoisotopic (exact) mass is 568 g/mol. The Morgan fingerprint density at radius 1 is 0.679 bits per heavy atom. The zero-order valence-corrected chi connectivity index (χ0v) is 17.8. The first-order chi connectivity index (χ1) is 12.8. The number of alkyl halides is 6. The van der Waals surface area contributed by atoms with Crippen LogP contribution in [-0.4, -0.2) is 10.3 Å². The Morgan fingerprint density at radius 2 is 1.00 bits per heavy atom. The zero-order valence-electron chi connectivity index (χ0n) is 13.1. The van der Waals surface area contributed by atoms with Crippen LogP contribution in [0.2, 0.25) is 0 Å². The Bertz CT molecular complexity index is 878. The van der Waals surface area contributed by atoms with Crippen LogP contribution in [0.25, 0.3) is 0 Å². The van der Waals surface area contributed by atoms with Gasteiger partial charge in [-0.3, -0.25) is 0 Å². The molecular weight excluding hydrogens is 565 g/mol. The molecule has 0 amide bonds. The first-order valence-corrected chi connectivity index (χ1v) is 9.36. The van der Waals surface area contributed by atoms with E-state index in [1.165, 1.54) is 12.1 Å². The van der Waals surface area contributed by atoms with E-state index in [-0.39, 0.29) is 20.1 Å². The molecule has 0 radical (unpaired) electrons. The summed E-state index contributed by atoms with van der Waals surface area (Å²) in [5.74, 6) is 0. The Kier molecular flexibility index (Phi) is 7.22. The fraction of sp³-hybridized carbons (Fsp3) is 0.125. The van der Waals surface area contributed by atoms with Gasteiger partial charge in [0.1, 0.15) is 0 Å². The molecule has 2 nitrogen and oxygen atoms in total. The van der Waals surface area contributed by atoms with Crippen LogP contribution >= 0.6 is 55.1 Å². The van der Waals surface area contributed by atoms with Gasteiger partial charge in [-0.25, -0.2) is 0 Å². The molecule has 0 aliphatic heterocycles. The molecule has 0 N–H and O–H groups in total. The van der Waals surface area contributed by atoms with Crippen molar-refractivity contribution < 1.29 is 26.3 Å². The molecule has 150 valence electrons. The van der Waals surface area contributed by atoms with E-state index < -0.39 is 33.8 Å². The van der Waals surface area contributed by atoms with Gasteiger partial charge in [-0.1, -0.05) is 67.2 Å². The van der Waals surface area contributed by atoms with Gasteiger partial charge < -0.3 is 0 Å². The van der Waals surface area contributed by atoms with Crippen molar-refractivity contribution in [1.82, 2.24) is 0 Å². The lowest BCUT2D eigenvalue weighted by Crippen LogP contribution is -2.08. The minimum Gasteiger partial charge on any atom is -0.166 e. The predicted octanol–water partition coefficient (Wildman–Crippen LogP) is 7.84. The number of hydrogen-bond donors (Lipinski definition) is 0. The van der Waals surface area contributed by atoms with Crippen molar-refractivity contribution in [2.24, 2.45) is 10.2 Å². The smallest absolute Gasteiger partial charge is 0.166 e. The summed E-state index contributed by atoms with van der Waals surface area (Å²) >= 11 is 17.3. The zero-order chi connectivity index (χ0) is 21.3. The first-order valence-electron chi connectivity index (χ1n) is 7.01. The second-order valence-electron chi connectivity index (χ2n) is 5.17. The van der Waals surface area contributed by atoms with Crippen molar-refractivity contribution in [1.29, 1.82) is 0 Å². The van der Waals surface area contributed by atoms with E-state index in [4.69, 9.17) is 23.2 Å². The summed E-state index contributed by atoms with van der Waals surface area (Å²) in [5, 5.41) is 6.15. The van der Waals surface area contributed by atoms with Crippen LogP contribution in [0.4, 0.5) is 26.3 Å². The minimum atomic E-state index is -4.63. The normalized spacial score (nSPS) is 13.8. The molecule has 28 heavy (non-hydrogen) atoms. The topological polar surface area (TPSA) is 24.7 Å². The summed E-state index contributed by atoms with van der Waals surface area (Å²) in [7, 11) is 0. The summed E-state index contributed by atoms with van der Waals surface area (Å²) < 4.78 is 77.2. The number of halogens is 10. The molecule has 0 saturated carbocycles. The average molecular weight is 571 g/mol. The van der Waals surface area contributed by atoms with Crippen LogP contribution < -0.4 is 0 Å². The van der Waals surface area contributed by atoms with Crippen LogP contribution in [0, 0.1) is 0 Å². The van der Waals surface area contributed by atoms with E-state index in [9.17, 15) is 26.3 Å². The fourth-order valence-electron chi connectivity index (χ4n) is 1.94. The highest BCUT2D eigenvalue weighted by atomic mass is 79.9. The van der Waals surface area contributed by atoms with Crippen LogP contribution in [0.15, 0.2) is 55.5 Å². The molecular formula is C16H6Br2Cl2F6N2. The SMILES string of the molecule is FC(F)(F)c1cc(/C(Cl)=N/N=C(\Cl)c2ccc(Br)c(C(F)(F)F)c2)ccc1Br. The van der Waals surface area contributed by atoms with Crippen molar-refractivity contribution >= 4 is 65.4 Å². The third-order valence-corrected chi connectivity index (χ3v) is 5.22. The van der Waals surface area contributed by atoms with Crippen LogP contribution in [0.3, 0.4) is 0 Å². The summed E-state index contributed by atoms with van der Waals surface area (Å²) in [5.41, 5.74) is -2.15. The standard InChI is InChI=1S/C16H6Br2Cl2F6N2/c17-11-3-1-7(5-9(11)15(21,22)23)13(19)27-28-14(20)8-2-4-12(18)10(6-8)16(24,25)26/h1-6H/b27-13-,28-14-. The van der Waals surface area contributed by atoms with Crippen molar-refractivity contribution in [3.8, 4) is 0 Å². The predicted molar refractivity (Wildman–Crippen MR) is 103 cm³/mol. The summed E-state index contributed by atoms with van der Waals surface area (Å²) in [4.78, 5) is 0. The largest absolute Gasteiger partial charge is 0.417 e. The number of rotatable bonds is 3. The fourth-order valence-corrected chi connectivity index (χ4v) is 3.20. The van der Waals surface area contributed by atoms with Crippen LogP contribution in [0.1, 0.15) is 22.3 Å². The number of benzene rings is 2. The second-order valence-corrected chi connectivity index (χ2v) is 7.59. The maximum absolute atomic E-state index is 12.9. The van der Waals surface area contributed by atoms with Gasteiger partial charge in [0.25, 0.3) is 0 Å². The highest BCUT2D eigenvalue weighted by Crippen LogP contribution is 2.36. The average Bonchev–Trinajstić information content (AvgIpc) is 2.58. The number of nitrogens with zero attached hydrogens (tertiary/aromatic N) is 2. The highest BCUT2D eigenvalue weighted by Gasteiger charge is 2.34. The molecule has 0 unspecified atom stereocenters. The Hall–Kier alpha value is -1.10. The Morgan fingerprint density at radius 3 is 1.29 bits per heavy atom. The molecule has 2 aromatic rings. The molecule has 0 spiro atoms. The molecule has 0 fully saturated rings. The van der Waals surface area contributed by atoms with E-state index in [0.29, 0.717) is 0 Å². The van der Waals surface area contributed by atoms with Crippen molar-refractivity contribution in [2.75, 3.05) is 0 Å². The van der Waals surface area contributed by atoms with E-state index in [1.54, 1.807) is 0 Å². The van der Waals surface area contributed by atoms with E-state index in [2.05, 4.69) is 42.1 Å². The Balaban J connectivity index is 2.38. The van der Waals surface area contributed by atoms with E-state index in [1.807, 2.05) is 0 Å². The minimum absolute atomic E-state index is 0.0998. The van der Waals surface area contributed by atoms with Crippen molar-refractivity contribution in [3.05, 3.63) is 67.6 Å². The van der Waals surface area contributed by atoms with Gasteiger partial charge in [0.05, 0.1) is 11.1 Å². The summed E-state index contributed by atoms with van der Waals surface area (Å²) in [6.45, 7) is 0. The van der Waals surface area contributed by atoms with E-state index in [0.717, 1.165) is 24.3 Å². The molecule has 0 heterocycles. The van der Waals surface area contributed by atoms with Gasteiger partial charge in [-0.05, 0) is 24.3 Å². The third kappa shape index (κ3) is 5.71. The molecule has 0 bridgehead atoms. The van der Waals surface area contributed by atoms with Gasteiger partial charge >= 0.3 is 12.4 Å². The lowest BCUT2D eigenvalue weighted by molar-refractivity contribution is -0.139. The van der Waals surface area contributed by atoms with Gasteiger partial charge in [-0.15, -0.1) is 10.2 Å². The molecule has 2 rings (SSSR count). The third-order valence-electron chi connectivity index (χ3n) is 3.25.